The maximum Gasteiger partial charge on any atom is 0.151 e. The molecule has 0 unspecified atom stereocenters. The second-order valence-corrected chi connectivity index (χ2v) is 6.08. The Kier molecular flexibility index (Phi) is 4.12. The highest BCUT2D eigenvalue weighted by Crippen LogP contribution is 2.28. The van der Waals surface area contributed by atoms with Crippen LogP contribution in [0.15, 0.2) is 36.4 Å². The Morgan fingerprint density at radius 2 is 1.80 bits per heavy atom. The number of benzene rings is 1. The van der Waals surface area contributed by atoms with Gasteiger partial charge in [0.2, 0.25) is 0 Å². The molecule has 0 saturated carbocycles. The number of carbonyl (C=O) groups is 1. The van der Waals surface area contributed by atoms with E-state index in [1.54, 1.807) is 0 Å². The molecule has 0 fully saturated rings. The second kappa shape index (κ2) is 5.66. The molecule has 1 heterocycles. The van der Waals surface area contributed by atoms with Crippen molar-refractivity contribution in [1.29, 1.82) is 0 Å². The van der Waals surface area contributed by atoms with Crippen LogP contribution < -0.4 is 0 Å². The van der Waals surface area contributed by atoms with Gasteiger partial charge >= 0.3 is 0 Å². The zero-order valence-corrected chi connectivity index (χ0v) is 12.8. The molecule has 0 radical (unpaired) electrons. The Morgan fingerprint density at radius 1 is 1.15 bits per heavy atom. The van der Waals surface area contributed by atoms with E-state index >= 15 is 0 Å². The van der Waals surface area contributed by atoms with Crippen molar-refractivity contribution in [3.8, 4) is 0 Å². The summed E-state index contributed by atoms with van der Waals surface area (Å²) in [6.07, 6.45) is 3.04. The van der Waals surface area contributed by atoms with E-state index in [-0.39, 0.29) is 5.54 Å². The van der Waals surface area contributed by atoms with Gasteiger partial charge in [-0.25, -0.2) is 0 Å². The number of hydrogen-bond donors (Lipinski definition) is 0. The number of aromatic nitrogens is 1. The van der Waals surface area contributed by atoms with Crippen LogP contribution in [0.5, 0.6) is 0 Å². The van der Waals surface area contributed by atoms with Gasteiger partial charge in [-0.2, -0.15) is 0 Å². The van der Waals surface area contributed by atoms with Gasteiger partial charge in [0.1, 0.15) is 0 Å². The maximum atomic E-state index is 11.1. The third kappa shape index (κ3) is 2.84. The van der Waals surface area contributed by atoms with Crippen LogP contribution in [-0.2, 0) is 12.0 Å². The normalized spacial score (nSPS) is 11.6. The Hall–Kier alpha value is -1.83. The number of aldehydes is 1. The number of aryl methyl sites for hydroxylation is 2. The van der Waals surface area contributed by atoms with Crippen molar-refractivity contribution < 1.29 is 4.79 Å². The first kappa shape index (κ1) is 14.6. The lowest BCUT2D eigenvalue weighted by molar-refractivity contribution is 0.112. The molecule has 106 valence electrons. The first-order valence-corrected chi connectivity index (χ1v) is 7.14. The standard InChI is InChI=1S/C18H23NO/c1-14-12-17(13-20)15(2)19(14)18(3,4)11-10-16-8-6-5-7-9-16/h5-9,12-13H,10-11H2,1-4H3. The summed E-state index contributed by atoms with van der Waals surface area (Å²) >= 11 is 0. The fourth-order valence-electron chi connectivity index (χ4n) is 3.05. The molecular weight excluding hydrogens is 246 g/mol. The summed E-state index contributed by atoms with van der Waals surface area (Å²) in [5.74, 6) is 0. The highest BCUT2D eigenvalue weighted by atomic mass is 16.1. The molecule has 0 N–H and O–H groups in total. The van der Waals surface area contributed by atoms with Crippen molar-refractivity contribution in [3.63, 3.8) is 0 Å². The SMILES string of the molecule is Cc1cc(C=O)c(C)n1C(C)(C)CCc1ccccc1. The molecule has 1 aromatic carbocycles. The number of rotatable bonds is 5. The summed E-state index contributed by atoms with van der Waals surface area (Å²) in [4.78, 5) is 11.1. The van der Waals surface area contributed by atoms with Gasteiger partial charge < -0.3 is 4.57 Å². The zero-order valence-electron chi connectivity index (χ0n) is 12.8. The van der Waals surface area contributed by atoms with E-state index in [9.17, 15) is 4.79 Å². The fourth-order valence-corrected chi connectivity index (χ4v) is 3.05. The van der Waals surface area contributed by atoms with Crippen LogP contribution in [0.25, 0.3) is 0 Å². The molecule has 0 aliphatic carbocycles. The van der Waals surface area contributed by atoms with Gasteiger partial charge in [-0.1, -0.05) is 30.3 Å². The molecular formula is C18H23NO. The Labute approximate surface area is 121 Å². The van der Waals surface area contributed by atoms with Crippen LogP contribution in [0, 0.1) is 13.8 Å². The monoisotopic (exact) mass is 269 g/mol. The molecule has 0 atom stereocenters. The molecule has 0 aliphatic heterocycles. The Bertz CT molecular complexity index is 593. The number of carbonyl (C=O) groups excluding carboxylic acids is 1. The molecule has 0 aliphatic rings. The molecule has 1 aromatic heterocycles. The Balaban J connectivity index is 2.22. The van der Waals surface area contributed by atoms with Gasteiger partial charge in [-0.05, 0) is 52.2 Å². The van der Waals surface area contributed by atoms with Gasteiger partial charge in [0.05, 0.1) is 0 Å². The van der Waals surface area contributed by atoms with E-state index in [2.05, 4.69) is 49.6 Å². The minimum Gasteiger partial charge on any atom is -0.343 e. The van der Waals surface area contributed by atoms with Crippen LogP contribution in [0.2, 0.25) is 0 Å². The van der Waals surface area contributed by atoms with Crippen LogP contribution >= 0.6 is 0 Å². The minimum atomic E-state index is 0.00523. The van der Waals surface area contributed by atoms with Crippen molar-refractivity contribution in [2.75, 3.05) is 0 Å². The molecule has 2 nitrogen and oxygen atoms in total. The number of nitrogens with zero attached hydrogens (tertiary/aromatic N) is 1. The summed E-state index contributed by atoms with van der Waals surface area (Å²) in [6.45, 7) is 8.58. The van der Waals surface area contributed by atoms with Gasteiger partial charge in [-0.3, -0.25) is 4.79 Å². The quantitative estimate of drug-likeness (QED) is 0.742. The summed E-state index contributed by atoms with van der Waals surface area (Å²) in [5.41, 5.74) is 4.39. The zero-order chi connectivity index (χ0) is 14.8. The maximum absolute atomic E-state index is 11.1. The van der Waals surface area contributed by atoms with Gasteiger partial charge in [0.25, 0.3) is 0 Å². The van der Waals surface area contributed by atoms with E-state index in [1.165, 1.54) is 5.56 Å². The molecule has 20 heavy (non-hydrogen) atoms. The highest BCUT2D eigenvalue weighted by Gasteiger charge is 2.24. The lowest BCUT2D eigenvalue weighted by Gasteiger charge is -2.31. The van der Waals surface area contributed by atoms with Gasteiger partial charge in [0, 0.05) is 22.5 Å². The molecule has 2 aromatic rings. The Morgan fingerprint density at radius 3 is 2.35 bits per heavy atom. The van der Waals surface area contributed by atoms with Crippen molar-refractivity contribution in [2.45, 2.75) is 46.1 Å². The molecule has 2 rings (SSSR count). The smallest absolute Gasteiger partial charge is 0.151 e. The average molecular weight is 269 g/mol. The van der Waals surface area contributed by atoms with E-state index in [1.807, 2.05) is 19.1 Å². The van der Waals surface area contributed by atoms with Crippen LogP contribution in [0.3, 0.4) is 0 Å². The summed E-state index contributed by atoms with van der Waals surface area (Å²) in [5, 5.41) is 0. The molecule has 0 bridgehead atoms. The topological polar surface area (TPSA) is 22.0 Å². The summed E-state index contributed by atoms with van der Waals surface area (Å²) < 4.78 is 2.29. The second-order valence-electron chi connectivity index (χ2n) is 6.08. The fraction of sp³-hybridized carbons (Fsp3) is 0.389. The van der Waals surface area contributed by atoms with Crippen LogP contribution in [0.1, 0.15) is 47.6 Å². The predicted octanol–water partition coefficient (Wildman–Crippen LogP) is 4.29. The molecule has 0 saturated heterocycles. The molecule has 2 heteroatoms. The van der Waals surface area contributed by atoms with Gasteiger partial charge in [-0.15, -0.1) is 0 Å². The van der Waals surface area contributed by atoms with Crippen molar-refractivity contribution in [3.05, 3.63) is 58.9 Å². The van der Waals surface area contributed by atoms with Crippen LogP contribution in [-0.4, -0.2) is 10.9 Å². The van der Waals surface area contributed by atoms with Crippen molar-refractivity contribution in [1.82, 2.24) is 4.57 Å². The van der Waals surface area contributed by atoms with E-state index in [0.717, 1.165) is 36.1 Å². The largest absolute Gasteiger partial charge is 0.343 e. The molecule has 0 spiro atoms. The summed E-state index contributed by atoms with van der Waals surface area (Å²) in [7, 11) is 0. The van der Waals surface area contributed by atoms with E-state index in [4.69, 9.17) is 0 Å². The highest BCUT2D eigenvalue weighted by molar-refractivity contribution is 5.77. The average Bonchev–Trinajstić information content (AvgIpc) is 2.73. The lowest BCUT2D eigenvalue weighted by Crippen LogP contribution is -2.29. The van der Waals surface area contributed by atoms with E-state index in [0.29, 0.717) is 0 Å². The third-order valence-corrected chi connectivity index (χ3v) is 4.07. The van der Waals surface area contributed by atoms with E-state index < -0.39 is 0 Å². The number of hydrogen-bond acceptors (Lipinski definition) is 1. The first-order chi connectivity index (χ1) is 9.45. The predicted molar refractivity (Wildman–Crippen MR) is 83.4 cm³/mol. The van der Waals surface area contributed by atoms with Crippen LogP contribution in [0.4, 0.5) is 0 Å². The molecule has 0 amide bonds. The van der Waals surface area contributed by atoms with Crippen molar-refractivity contribution >= 4 is 6.29 Å². The van der Waals surface area contributed by atoms with Gasteiger partial charge in [0.15, 0.2) is 6.29 Å². The summed E-state index contributed by atoms with van der Waals surface area (Å²) in [6, 6.07) is 12.5. The first-order valence-electron chi connectivity index (χ1n) is 7.14. The lowest BCUT2D eigenvalue weighted by atomic mass is 9.94. The van der Waals surface area contributed by atoms with Crippen molar-refractivity contribution in [2.24, 2.45) is 0 Å². The third-order valence-electron chi connectivity index (χ3n) is 4.07. The minimum absolute atomic E-state index is 0.00523.